The summed E-state index contributed by atoms with van der Waals surface area (Å²) >= 11 is 0. The molecule has 5 nitrogen and oxygen atoms in total. The SMILES string of the molecule is CNCc1ccc(S(=O)(=O)NC2(C)CCCOC2)cc1. The number of ether oxygens (including phenoxy) is 1. The molecule has 0 aliphatic carbocycles. The van der Waals surface area contributed by atoms with Crippen LogP contribution >= 0.6 is 0 Å². The quantitative estimate of drug-likeness (QED) is 0.858. The molecule has 1 heterocycles. The minimum atomic E-state index is -3.50. The van der Waals surface area contributed by atoms with Gasteiger partial charge in [0.1, 0.15) is 0 Å². The van der Waals surface area contributed by atoms with Crippen molar-refractivity contribution in [3.8, 4) is 0 Å². The van der Waals surface area contributed by atoms with Crippen LogP contribution < -0.4 is 10.0 Å². The largest absolute Gasteiger partial charge is 0.380 e. The van der Waals surface area contributed by atoms with Gasteiger partial charge in [0.2, 0.25) is 10.0 Å². The van der Waals surface area contributed by atoms with Gasteiger partial charge in [-0.2, -0.15) is 0 Å². The van der Waals surface area contributed by atoms with Crippen molar-refractivity contribution in [1.82, 2.24) is 10.0 Å². The van der Waals surface area contributed by atoms with E-state index in [4.69, 9.17) is 4.74 Å². The van der Waals surface area contributed by atoms with Crippen molar-refractivity contribution in [2.24, 2.45) is 0 Å². The molecular weight excluding hydrogens is 276 g/mol. The number of nitrogens with one attached hydrogen (secondary N) is 2. The first-order valence-electron chi connectivity index (χ1n) is 6.80. The van der Waals surface area contributed by atoms with Crippen LogP contribution in [0.15, 0.2) is 29.2 Å². The Balaban J connectivity index is 2.13. The van der Waals surface area contributed by atoms with Crippen molar-refractivity contribution in [3.05, 3.63) is 29.8 Å². The zero-order valence-electron chi connectivity index (χ0n) is 12.0. The number of hydrogen-bond donors (Lipinski definition) is 2. The van der Waals surface area contributed by atoms with E-state index in [9.17, 15) is 8.42 Å². The lowest BCUT2D eigenvalue weighted by molar-refractivity contribution is 0.0386. The van der Waals surface area contributed by atoms with Crippen molar-refractivity contribution in [2.75, 3.05) is 20.3 Å². The normalized spacial score (nSPS) is 23.7. The fraction of sp³-hybridized carbons (Fsp3) is 0.571. The van der Waals surface area contributed by atoms with E-state index < -0.39 is 15.6 Å². The Morgan fingerprint density at radius 2 is 2.00 bits per heavy atom. The maximum atomic E-state index is 12.4. The van der Waals surface area contributed by atoms with Gasteiger partial charge in [-0.3, -0.25) is 0 Å². The zero-order valence-corrected chi connectivity index (χ0v) is 12.8. The summed E-state index contributed by atoms with van der Waals surface area (Å²) in [7, 11) is -1.64. The average Bonchev–Trinajstić information content (AvgIpc) is 2.39. The van der Waals surface area contributed by atoms with Crippen LogP contribution in [0.4, 0.5) is 0 Å². The molecule has 0 spiro atoms. The summed E-state index contributed by atoms with van der Waals surface area (Å²) in [6, 6.07) is 6.93. The van der Waals surface area contributed by atoms with Gasteiger partial charge in [0.05, 0.1) is 17.0 Å². The van der Waals surface area contributed by atoms with E-state index >= 15 is 0 Å². The summed E-state index contributed by atoms with van der Waals surface area (Å²) in [5.74, 6) is 0. The van der Waals surface area contributed by atoms with Gasteiger partial charge in [0.25, 0.3) is 0 Å². The molecule has 0 aromatic heterocycles. The van der Waals surface area contributed by atoms with E-state index in [-0.39, 0.29) is 0 Å². The molecule has 2 N–H and O–H groups in total. The van der Waals surface area contributed by atoms with Gasteiger partial charge in [-0.1, -0.05) is 12.1 Å². The van der Waals surface area contributed by atoms with Gasteiger partial charge in [-0.25, -0.2) is 13.1 Å². The van der Waals surface area contributed by atoms with Crippen LogP contribution in [0.3, 0.4) is 0 Å². The summed E-state index contributed by atoms with van der Waals surface area (Å²) in [5, 5.41) is 3.03. The first-order valence-corrected chi connectivity index (χ1v) is 8.29. The van der Waals surface area contributed by atoms with Crippen LogP contribution in [0.2, 0.25) is 0 Å². The van der Waals surface area contributed by atoms with Gasteiger partial charge in [-0.05, 0) is 44.5 Å². The smallest absolute Gasteiger partial charge is 0.241 e. The van der Waals surface area contributed by atoms with Gasteiger partial charge < -0.3 is 10.1 Å². The van der Waals surface area contributed by atoms with Crippen LogP contribution in [0.5, 0.6) is 0 Å². The standard InChI is InChI=1S/C14H22N2O3S/c1-14(8-3-9-19-11-14)16-20(17,18)13-6-4-12(5-7-13)10-15-2/h4-7,15-16H,3,8-11H2,1-2H3. The topological polar surface area (TPSA) is 67.4 Å². The summed E-state index contributed by atoms with van der Waals surface area (Å²) in [6.07, 6.45) is 1.67. The highest BCUT2D eigenvalue weighted by atomic mass is 32.2. The molecule has 1 unspecified atom stereocenters. The Morgan fingerprint density at radius 3 is 2.55 bits per heavy atom. The highest BCUT2D eigenvalue weighted by Gasteiger charge is 2.32. The van der Waals surface area contributed by atoms with Gasteiger partial charge in [-0.15, -0.1) is 0 Å². The van der Waals surface area contributed by atoms with Gasteiger partial charge in [0.15, 0.2) is 0 Å². The maximum Gasteiger partial charge on any atom is 0.241 e. The van der Waals surface area contributed by atoms with E-state index in [1.165, 1.54) is 0 Å². The molecule has 20 heavy (non-hydrogen) atoms. The lowest BCUT2D eigenvalue weighted by Crippen LogP contribution is -2.51. The number of sulfonamides is 1. The number of hydrogen-bond acceptors (Lipinski definition) is 4. The molecule has 0 amide bonds. The van der Waals surface area contributed by atoms with Crippen LogP contribution in [-0.4, -0.2) is 34.2 Å². The third-order valence-electron chi connectivity index (χ3n) is 3.43. The second kappa shape index (κ2) is 6.22. The minimum absolute atomic E-state index is 0.296. The Labute approximate surface area is 120 Å². The van der Waals surface area contributed by atoms with Gasteiger partial charge >= 0.3 is 0 Å². The fourth-order valence-corrected chi connectivity index (χ4v) is 3.81. The molecule has 0 radical (unpaired) electrons. The molecule has 1 atom stereocenters. The molecule has 0 saturated carbocycles. The fourth-order valence-electron chi connectivity index (χ4n) is 2.39. The highest BCUT2D eigenvalue weighted by Crippen LogP contribution is 2.21. The third kappa shape index (κ3) is 3.79. The van der Waals surface area contributed by atoms with E-state index in [1.807, 2.05) is 26.1 Å². The summed E-state index contributed by atoms with van der Waals surface area (Å²) in [5.41, 5.74) is 0.541. The molecule has 1 aromatic rings. The summed E-state index contributed by atoms with van der Waals surface area (Å²) in [6.45, 7) is 3.73. The molecule has 1 saturated heterocycles. The average molecular weight is 298 g/mol. The summed E-state index contributed by atoms with van der Waals surface area (Å²) in [4.78, 5) is 0.296. The molecule has 0 bridgehead atoms. The van der Waals surface area contributed by atoms with E-state index in [1.54, 1.807) is 12.1 Å². The molecule has 2 rings (SSSR count). The molecule has 1 aliphatic heterocycles. The van der Waals surface area contributed by atoms with Crippen LogP contribution in [-0.2, 0) is 21.3 Å². The van der Waals surface area contributed by atoms with Crippen LogP contribution in [0, 0.1) is 0 Å². The molecule has 6 heteroatoms. The Hall–Kier alpha value is -0.950. The Bertz CT molecular complexity index is 534. The summed E-state index contributed by atoms with van der Waals surface area (Å²) < 4.78 is 32.9. The van der Waals surface area contributed by atoms with E-state index in [0.717, 1.165) is 24.9 Å². The zero-order chi connectivity index (χ0) is 14.6. The first-order chi connectivity index (χ1) is 9.45. The lowest BCUT2D eigenvalue weighted by Gasteiger charge is -2.33. The number of rotatable bonds is 5. The molecule has 1 aromatic carbocycles. The Kier molecular flexibility index (Phi) is 4.80. The van der Waals surface area contributed by atoms with Gasteiger partial charge in [0, 0.05) is 13.2 Å². The van der Waals surface area contributed by atoms with E-state index in [2.05, 4.69) is 10.0 Å². The van der Waals surface area contributed by atoms with Crippen molar-refractivity contribution < 1.29 is 13.2 Å². The van der Waals surface area contributed by atoms with Crippen molar-refractivity contribution in [1.29, 1.82) is 0 Å². The van der Waals surface area contributed by atoms with Crippen molar-refractivity contribution in [3.63, 3.8) is 0 Å². The molecular formula is C14H22N2O3S. The molecule has 1 aliphatic rings. The second-order valence-electron chi connectivity index (χ2n) is 5.50. The predicted molar refractivity (Wildman–Crippen MR) is 78.0 cm³/mol. The maximum absolute atomic E-state index is 12.4. The predicted octanol–water partition coefficient (Wildman–Crippen LogP) is 1.25. The van der Waals surface area contributed by atoms with Crippen LogP contribution in [0.25, 0.3) is 0 Å². The second-order valence-corrected chi connectivity index (χ2v) is 7.18. The molecule has 112 valence electrons. The number of benzene rings is 1. The minimum Gasteiger partial charge on any atom is -0.380 e. The first kappa shape index (κ1) is 15.4. The highest BCUT2D eigenvalue weighted by molar-refractivity contribution is 7.89. The monoisotopic (exact) mass is 298 g/mol. The van der Waals surface area contributed by atoms with Crippen molar-refractivity contribution >= 4 is 10.0 Å². The third-order valence-corrected chi connectivity index (χ3v) is 5.09. The van der Waals surface area contributed by atoms with Crippen LogP contribution in [0.1, 0.15) is 25.3 Å². The van der Waals surface area contributed by atoms with Crippen molar-refractivity contribution in [2.45, 2.75) is 36.7 Å². The molecule has 1 fully saturated rings. The lowest BCUT2D eigenvalue weighted by atomic mass is 9.97. The Morgan fingerprint density at radius 1 is 1.30 bits per heavy atom. The van der Waals surface area contributed by atoms with E-state index in [0.29, 0.717) is 18.1 Å².